The predicted molar refractivity (Wildman–Crippen MR) is 56.0 cm³/mol. The van der Waals surface area contributed by atoms with Crippen molar-refractivity contribution in [2.75, 3.05) is 13.2 Å². The van der Waals surface area contributed by atoms with Crippen LogP contribution in [0, 0.1) is 0 Å². The Morgan fingerprint density at radius 3 is 2.31 bits per heavy atom. The first-order valence-corrected chi connectivity index (χ1v) is 5.30. The van der Waals surface area contributed by atoms with Crippen LogP contribution in [0.15, 0.2) is 0 Å². The molecule has 1 aliphatic heterocycles. The second kappa shape index (κ2) is 3.97. The first-order chi connectivity index (χ1) is 5.90. The molecule has 0 radical (unpaired) electrons. The minimum absolute atomic E-state index is 0.0121. The average Bonchev–Trinajstić information content (AvgIpc) is 1.79. The van der Waals surface area contributed by atoms with Crippen molar-refractivity contribution in [1.29, 1.82) is 0 Å². The molecule has 2 nitrogen and oxygen atoms in total. The number of ether oxygens (including phenoxy) is 1. The first kappa shape index (κ1) is 11.0. The summed E-state index contributed by atoms with van der Waals surface area (Å²) in [5, 5.41) is 0. The summed E-state index contributed by atoms with van der Waals surface area (Å²) in [6, 6.07) is 1.33. The van der Waals surface area contributed by atoms with Gasteiger partial charge in [0.15, 0.2) is 0 Å². The van der Waals surface area contributed by atoms with E-state index in [1.807, 2.05) is 0 Å². The third-order valence-corrected chi connectivity index (χ3v) is 2.56. The van der Waals surface area contributed by atoms with Crippen LogP contribution in [0.2, 0.25) is 0 Å². The highest BCUT2D eigenvalue weighted by Crippen LogP contribution is 2.22. The highest BCUT2D eigenvalue weighted by atomic mass is 16.5. The van der Waals surface area contributed by atoms with E-state index in [2.05, 4.69) is 39.5 Å². The van der Waals surface area contributed by atoms with Crippen molar-refractivity contribution in [2.45, 2.75) is 58.7 Å². The van der Waals surface area contributed by atoms with Crippen molar-refractivity contribution in [2.24, 2.45) is 0 Å². The van der Waals surface area contributed by atoms with Crippen LogP contribution in [0.1, 0.15) is 41.0 Å². The number of likely N-dealkylation sites (tertiary alicyclic amines) is 1. The smallest absolute Gasteiger partial charge is 0.0629 e. The summed E-state index contributed by atoms with van der Waals surface area (Å²) in [4.78, 5) is 2.51. The Hall–Kier alpha value is -0.0800. The predicted octanol–water partition coefficient (Wildman–Crippen LogP) is 2.28. The fourth-order valence-corrected chi connectivity index (χ4v) is 1.67. The van der Waals surface area contributed by atoms with E-state index >= 15 is 0 Å². The largest absolute Gasteiger partial charge is 0.374 e. The summed E-state index contributed by atoms with van der Waals surface area (Å²) in [5.41, 5.74) is 0.0121. The molecule has 0 aliphatic carbocycles. The van der Waals surface area contributed by atoms with E-state index in [0.29, 0.717) is 12.1 Å². The van der Waals surface area contributed by atoms with Gasteiger partial charge in [0.1, 0.15) is 0 Å². The van der Waals surface area contributed by atoms with Crippen molar-refractivity contribution in [3.05, 3.63) is 0 Å². The SMILES string of the molecule is CC(C)N1CCC1COC(C)(C)C. The van der Waals surface area contributed by atoms with Gasteiger partial charge in [0.05, 0.1) is 12.2 Å². The molecule has 1 atom stereocenters. The van der Waals surface area contributed by atoms with Gasteiger partial charge in [-0.2, -0.15) is 0 Å². The summed E-state index contributed by atoms with van der Waals surface area (Å²) in [7, 11) is 0. The molecular weight excluding hydrogens is 162 g/mol. The minimum Gasteiger partial charge on any atom is -0.374 e. The molecule has 0 bridgehead atoms. The molecule has 0 aromatic heterocycles. The van der Waals surface area contributed by atoms with Gasteiger partial charge in [-0.25, -0.2) is 0 Å². The summed E-state index contributed by atoms with van der Waals surface area (Å²) < 4.78 is 5.77. The quantitative estimate of drug-likeness (QED) is 0.669. The maximum Gasteiger partial charge on any atom is 0.0629 e. The van der Waals surface area contributed by atoms with Crippen LogP contribution < -0.4 is 0 Å². The van der Waals surface area contributed by atoms with E-state index in [1.54, 1.807) is 0 Å². The monoisotopic (exact) mass is 185 g/mol. The van der Waals surface area contributed by atoms with E-state index < -0.39 is 0 Å². The molecule has 78 valence electrons. The van der Waals surface area contributed by atoms with Crippen molar-refractivity contribution < 1.29 is 4.74 Å². The second-order valence-corrected chi connectivity index (χ2v) is 5.20. The molecule has 0 spiro atoms. The normalized spacial score (nSPS) is 24.9. The maximum atomic E-state index is 5.77. The van der Waals surface area contributed by atoms with E-state index in [4.69, 9.17) is 4.74 Å². The van der Waals surface area contributed by atoms with Gasteiger partial charge in [-0.05, 0) is 41.0 Å². The highest BCUT2D eigenvalue weighted by Gasteiger charge is 2.30. The van der Waals surface area contributed by atoms with Gasteiger partial charge in [-0.3, -0.25) is 4.90 Å². The summed E-state index contributed by atoms with van der Waals surface area (Å²) in [5.74, 6) is 0. The lowest BCUT2D eigenvalue weighted by molar-refractivity contribution is -0.0695. The topological polar surface area (TPSA) is 12.5 Å². The van der Waals surface area contributed by atoms with E-state index in [-0.39, 0.29) is 5.60 Å². The molecule has 1 saturated heterocycles. The van der Waals surface area contributed by atoms with Crippen LogP contribution in [0.25, 0.3) is 0 Å². The molecule has 1 fully saturated rings. The van der Waals surface area contributed by atoms with Crippen LogP contribution in [-0.4, -0.2) is 35.7 Å². The van der Waals surface area contributed by atoms with Crippen molar-refractivity contribution in [3.63, 3.8) is 0 Å². The third kappa shape index (κ3) is 3.28. The zero-order valence-corrected chi connectivity index (χ0v) is 9.63. The average molecular weight is 185 g/mol. The van der Waals surface area contributed by atoms with Gasteiger partial charge in [-0.1, -0.05) is 0 Å². The first-order valence-electron chi connectivity index (χ1n) is 5.30. The van der Waals surface area contributed by atoms with E-state index in [9.17, 15) is 0 Å². The Morgan fingerprint density at radius 1 is 1.38 bits per heavy atom. The molecule has 0 saturated carbocycles. The third-order valence-electron chi connectivity index (χ3n) is 2.56. The molecule has 0 aromatic carbocycles. The van der Waals surface area contributed by atoms with Crippen molar-refractivity contribution in [3.8, 4) is 0 Å². The minimum atomic E-state index is 0.0121. The molecule has 2 heteroatoms. The maximum absolute atomic E-state index is 5.77. The lowest BCUT2D eigenvalue weighted by atomic mass is 10.0. The number of rotatable bonds is 3. The molecular formula is C11H23NO. The van der Waals surface area contributed by atoms with E-state index in [1.165, 1.54) is 13.0 Å². The van der Waals surface area contributed by atoms with Crippen LogP contribution >= 0.6 is 0 Å². The number of hydrogen-bond donors (Lipinski definition) is 0. The molecule has 0 N–H and O–H groups in total. The van der Waals surface area contributed by atoms with Gasteiger partial charge in [0.2, 0.25) is 0 Å². The Labute approximate surface area is 82.3 Å². The van der Waals surface area contributed by atoms with Gasteiger partial charge in [0.25, 0.3) is 0 Å². The van der Waals surface area contributed by atoms with Gasteiger partial charge in [-0.15, -0.1) is 0 Å². The molecule has 1 rings (SSSR count). The fourth-order valence-electron chi connectivity index (χ4n) is 1.67. The van der Waals surface area contributed by atoms with Crippen molar-refractivity contribution >= 4 is 0 Å². The van der Waals surface area contributed by atoms with Crippen molar-refractivity contribution in [1.82, 2.24) is 4.90 Å². The molecule has 1 unspecified atom stereocenters. The molecule has 1 aliphatic rings. The summed E-state index contributed by atoms with van der Waals surface area (Å²) >= 11 is 0. The molecule has 0 amide bonds. The lowest BCUT2D eigenvalue weighted by Gasteiger charge is -2.44. The highest BCUT2D eigenvalue weighted by molar-refractivity contribution is 4.85. The molecule has 0 aromatic rings. The van der Waals surface area contributed by atoms with Crippen LogP contribution in [-0.2, 0) is 4.74 Å². The zero-order chi connectivity index (χ0) is 10.1. The van der Waals surface area contributed by atoms with E-state index in [0.717, 1.165) is 6.61 Å². The molecule has 13 heavy (non-hydrogen) atoms. The van der Waals surface area contributed by atoms with Crippen LogP contribution in [0.4, 0.5) is 0 Å². The van der Waals surface area contributed by atoms with Gasteiger partial charge >= 0.3 is 0 Å². The summed E-state index contributed by atoms with van der Waals surface area (Å²) in [6.07, 6.45) is 1.30. The molecule has 1 heterocycles. The standard InChI is InChI=1S/C11H23NO/c1-9(2)12-7-6-10(12)8-13-11(3,4)5/h9-10H,6-8H2,1-5H3. The lowest BCUT2D eigenvalue weighted by Crippen LogP contribution is -2.54. The second-order valence-electron chi connectivity index (χ2n) is 5.20. The number of hydrogen-bond acceptors (Lipinski definition) is 2. The van der Waals surface area contributed by atoms with Crippen LogP contribution in [0.3, 0.4) is 0 Å². The Bertz CT molecular complexity index is 160. The fraction of sp³-hybridized carbons (Fsp3) is 1.00. The Kier molecular flexibility index (Phi) is 3.36. The Balaban J connectivity index is 2.23. The van der Waals surface area contributed by atoms with Crippen LogP contribution in [0.5, 0.6) is 0 Å². The van der Waals surface area contributed by atoms with Gasteiger partial charge < -0.3 is 4.74 Å². The number of nitrogens with zero attached hydrogens (tertiary/aromatic N) is 1. The zero-order valence-electron chi connectivity index (χ0n) is 9.63. The Morgan fingerprint density at radius 2 is 2.00 bits per heavy atom. The summed E-state index contributed by atoms with van der Waals surface area (Å²) in [6.45, 7) is 13.0. The van der Waals surface area contributed by atoms with Gasteiger partial charge in [0, 0.05) is 18.6 Å².